The molecule has 0 saturated carbocycles. The molecule has 0 bridgehead atoms. The fraction of sp³-hybridized carbons (Fsp3) is 0.500. The topological polar surface area (TPSA) is 35.2 Å². The fourth-order valence-electron chi connectivity index (χ4n) is 1.65. The maximum Gasteiger partial charge on any atom is 0.125 e. The van der Waals surface area contributed by atoms with E-state index in [1.165, 1.54) is 5.56 Å². The highest BCUT2D eigenvalue weighted by atomic mass is 79.9. The molecule has 0 aliphatic carbocycles. The third-order valence-corrected chi connectivity index (χ3v) is 2.60. The molecular weight excluding hydrogens is 254 g/mol. The second-order valence-corrected chi connectivity index (χ2v) is 4.74. The quantitative estimate of drug-likeness (QED) is 0.914. The molecule has 1 aromatic carbocycles. The van der Waals surface area contributed by atoms with Crippen molar-refractivity contribution in [3.05, 3.63) is 27.7 Å². The lowest BCUT2D eigenvalue weighted by molar-refractivity contribution is 0.333. The van der Waals surface area contributed by atoms with E-state index in [-0.39, 0.29) is 6.04 Å². The third kappa shape index (κ3) is 3.50. The molecule has 0 spiro atoms. The van der Waals surface area contributed by atoms with Gasteiger partial charge in [0.15, 0.2) is 0 Å². The van der Waals surface area contributed by atoms with Gasteiger partial charge in [-0.1, -0.05) is 15.9 Å². The molecule has 0 aromatic heterocycles. The maximum absolute atomic E-state index is 5.82. The number of aryl methyl sites for hydroxylation is 1. The Balaban J connectivity index is 3.08. The summed E-state index contributed by atoms with van der Waals surface area (Å²) in [6.45, 7) is 6.75. The minimum Gasteiger partial charge on any atom is -0.493 e. The van der Waals surface area contributed by atoms with E-state index in [4.69, 9.17) is 10.5 Å². The Morgan fingerprint density at radius 2 is 2.13 bits per heavy atom. The molecule has 0 saturated heterocycles. The average Bonchev–Trinajstić information content (AvgIpc) is 2.10. The van der Waals surface area contributed by atoms with Crippen molar-refractivity contribution in [2.75, 3.05) is 6.61 Å². The molecule has 1 aromatic rings. The summed E-state index contributed by atoms with van der Waals surface area (Å²) in [6, 6.07) is 4.30. The Hall–Kier alpha value is -0.540. The first-order valence-electron chi connectivity index (χ1n) is 5.22. The molecule has 1 unspecified atom stereocenters. The van der Waals surface area contributed by atoms with Crippen LogP contribution >= 0.6 is 15.9 Å². The van der Waals surface area contributed by atoms with Crippen molar-refractivity contribution in [1.82, 2.24) is 0 Å². The van der Waals surface area contributed by atoms with E-state index in [2.05, 4.69) is 35.0 Å². The van der Waals surface area contributed by atoms with Gasteiger partial charge < -0.3 is 10.5 Å². The zero-order valence-electron chi connectivity index (χ0n) is 9.51. The van der Waals surface area contributed by atoms with Gasteiger partial charge in [-0.15, -0.1) is 0 Å². The molecule has 15 heavy (non-hydrogen) atoms. The molecule has 1 rings (SSSR count). The van der Waals surface area contributed by atoms with Gasteiger partial charge in [0.2, 0.25) is 0 Å². The van der Waals surface area contributed by atoms with Gasteiger partial charge in [0.1, 0.15) is 5.75 Å². The normalized spacial score (nSPS) is 12.6. The smallest absolute Gasteiger partial charge is 0.125 e. The Morgan fingerprint density at radius 1 is 1.47 bits per heavy atom. The predicted molar refractivity (Wildman–Crippen MR) is 67.4 cm³/mol. The summed E-state index contributed by atoms with van der Waals surface area (Å²) >= 11 is 3.49. The molecule has 0 radical (unpaired) electrons. The molecule has 3 heteroatoms. The summed E-state index contributed by atoms with van der Waals surface area (Å²) in [5.41, 5.74) is 8.15. The third-order valence-electron chi connectivity index (χ3n) is 2.15. The summed E-state index contributed by atoms with van der Waals surface area (Å²) in [4.78, 5) is 0. The molecule has 0 fully saturated rings. The number of benzene rings is 1. The van der Waals surface area contributed by atoms with E-state index >= 15 is 0 Å². The number of hydrogen-bond donors (Lipinski definition) is 1. The first-order valence-corrected chi connectivity index (χ1v) is 6.01. The Labute approximate surface area is 99.9 Å². The number of rotatable bonds is 4. The van der Waals surface area contributed by atoms with E-state index < -0.39 is 0 Å². The lowest BCUT2D eigenvalue weighted by Crippen LogP contribution is -2.18. The van der Waals surface area contributed by atoms with Crippen molar-refractivity contribution in [3.8, 4) is 5.75 Å². The lowest BCUT2D eigenvalue weighted by atomic mass is 10.0. The summed E-state index contributed by atoms with van der Waals surface area (Å²) in [5.74, 6) is 0.984. The summed E-state index contributed by atoms with van der Waals surface area (Å²) in [7, 11) is 0. The molecule has 0 amide bonds. The molecule has 2 N–H and O–H groups in total. The average molecular weight is 272 g/mol. The van der Waals surface area contributed by atoms with Crippen LogP contribution in [-0.2, 0) is 6.42 Å². The van der Waals surface area contributed by atoms with E-state index in [9.17, 15) is 0 Å². The first-order chi connectivity index (χ1) is 7.04. The first kappa shape index (κ1) is 12.5. The van der Waals surface area contributed by atoms with Crippen LogP contribution in [0.3, 0.4) is 0 Å². The van der Waals surface area contributed by atoms with Crippen molar-refractivity contribution >= 4 is 15.9 Å². The molecule has 2 nitrogen and oxygen atoms in total. The Kier molecular flexibility index (Phi) is 4.61. The number of halogens is 1. The fourth-order valence-corrected chi connectivity index (χ4v) is 2.27. The van der Waals surface area contributed by atoms with E-state index in [1.807, 2.05) is 13.8 Å². The number of hydrogen-bond acceptors (Lipinski definition) is 2. The van der Waals surface area contributed by atoms with Crippen molar-refractivity contribution in [2.45, 2.75) is 33.2 Å². The van der Waals surface area contributed by atoms with Crippen LogP contribution in [0.5, 0.6) is 5.75 Å². The Morgan fingerprint density at radius 3 is 2.67 bits per heavy atom. The van der Waals surface area contributed by atoms with Crippen LogP contribution in [0.15, 0.2) is 16.6 Å². The van der Waals surface area contributed by atoms with Crippen molar-refractivity contribution in [3.63, 3.8) is 0 Å². The molecule has 0 aliphatic rings. The monoisotopic (exact) mass is 271 g/mol. The number of ether oxygens (including phenoxy) is 1. The van der Waals surface area contributed by atoms with Gasteiger partial charge in [-0.25, -0.2) is 0 Å². The highest BCUT2D eigenvalue weighted by Gasteiger charge is 2.10. The van der Waals surface area contributed by atoms with Gasteiger partial charge >= 0.3 is 0 Å². The molecule has 0 heterocycles. The molecule has 84 valence electrons. The lowest BCUT2D eigenvalue weighted by Gasteiger charge is -2.15. The van der Waals surface area contributed by atoms with Crippen molar-refractivity contribution in [2.24, 2.45) is 5.73 Å². The van der Waals surface area contributed by atoms with Crippen LogP contribution in [0, 0.1) is 6.92 Å². The predicted octanol–water partition coefficient (Wildman–Crippen LogP) is 3.05. The maximum atomic E-state index is 5.82. The minimum atomic E-state index is 0.151. The molecular formula is C12H18BrNO. The van der Waals surface area contributed by atoms with Gasteiger partial charge in [0.05, 0.1) is 6.61 Å². The summed E-state index contributed by atoms with van der Waals surface area (Å²) in [5, 5.41) is 0. The molecule has 0 aliphatic heterocycles. The van der Waals surface area contributed by atoms with Crippen molar-refractivity contribution < 1.29 is 4.74 Å². The summed E-state index contributed by atoms with van der Waals surface area (Å²) < 4.78 is 6.73. The van der Waals surface area contributed by atoms with Gasteiger partial charge in [-0.05, 0) is 50.5 Å². The zero-order valence-corrected chi connectivity index (χ0v) is 11.1. The summed E-state index contributed by atoms with van der Waals surface area (Å²) in [6.07, 6.45) is 0.843. The number of nitrogens with two attached hydrogens (primary N) is 1. The van der Waals surface area contributed by atoms with E-state index in [0.29, 0.717) is 6.61 Å². The van der Waals surface area contributed by atoms with Crippen molar-refractivity contribution in [1.29, 1.82) is 0 Å². The van der Waals surface area contributed by atoms with Gasteiger partial charge in [0.25, 0.3) is 0 Å². The van der Waals surface area contributed by atoms with Crippen LogP contribution in [0.25, 0.3) is 0 Å². The van der Waals surface area contributed by atoms with Crippen LogP contribution in [0.1, 0.15) is 25.0 Å². The minimum absolute atomic E-state index is 0.151. The van der Waals surface area contributed by atoms with Gasteiger partial charge in [0, 0.05) is 10.5 Å². The van der Waals surface area contributed by atoms with Crippen LogP contribution < -0.4 is 10.5 Å². The van der Waals surface area contributed by atoms with E-state index in [1.54, 1.807) is 0 Å². The van der Waals surface area contributed by atoms with Crippen LogP contribution in [0.4, 0.5) is 0 Å². The standard InChI is InChI=1S/C12H18BrNO/c1-4-15-12-8(2)5-11(13)7-10(12)6-9(3)14/h5,7,9H,4,6,14H2,1-3H3. The Bertz CT molecular complexity index is 337. The largest absolute Gasteiger partial charge is 0.493 e. The molecule has 1 atom stereocenters. The SMILES string of the molecule is CCOc1c(C)cc(Br)cc1CC(C)N. The van der Waals surface area contributed by atoms with Crippen LogP contribution in [-0.4, -0.2) is 12.6 Å². The second-order valence-electron chi connectivity index (χ2n) is 3.83. The zero-order chi connectivity index (χ0) is 11.4. The van der Waals surface area contributed by atoms with Gasteiger partial charge in [-0.2, -0.15) is 0 Å². The van der Waals surface area contributed by atoms with E-state index in [0.717, 1.165) is 22.2 Å². The van der Waals surface area contributed by atoms with Gasteiger partial charge in [-0.3, -0.25) is 0 Å². The highest BCUT2D eigenvalue weighted by Crippen LogP contribution is 2.28. The second kappa shape index (κ2) is 5.52. The highest BCUT2D eigenvalue weighted by molar-refractivity contribution is 9.10. The van der Waals surface area contributed by atoms with Crippen LogP contribution in [0.2, 0.25) is 0 Å².